The highest BCUT2D eigenvalue weighted by atomic mass is 16.2. The summed E-state index contributed by atoms with van der Waals surface area (Å²) in [5.74, 6) is -0.650. The first kappa shape index (κ1) is 24.0. The van der Waals surface area contributed by atoms with Crippen molar-refractivity contribution in [3.63, 3.8) is 0 Å². The largest absolute Gasteiger partial charge is 0.348 e. The van der Waals surface area contributed by atoms with Gasteiger partial charge in [-0.2, -0.15) is 0 Å². The summed E-state index contributed by atoms with van der Waals surface area (Å²) in [5.41, 5.74) is 3.87. The van der Waals surface area contributed by atoms with Crippen LogP contribution in [0.5, 0.6) is 0 Å². The summed E-state index contributed by atoms with van der Waals surface area (Å²) < 4.78 is 0. The number of likely N-dealkylation sites (N-methyl/N-ethyl adjacent to an activating group) is 1. The number of carbonyl (C=O) groups excluding carboxylic acids is 3. The Bertz CT molecular complexity index is 1340. The van der Waals surface area contributed by atoms with Crippen molar-refractivity contribution in [2.24, 2.45) is 0 Å². The molecule has 0 bridgehead atoms. The van der Waals surface area contributed by atoms with Crippen LogP contribution in [0.3, 0.4) is 0 Å². The average molecular weight is 485 g/mol. The molecule has 4 atom stereocenters. The van der Waals surface area contributed by atoms with Crippen molar-refractivity contribution in [2.75, 3.05) is 11.9 Å². The van der Waals surface area contributed by atoms with Crippen molar-refractivity contribution >= 4 is 34.2 Å². The Morgan fingerprint density at radius 2 is 1.72 bits per heavy atom. The molecule has 3 aromatic rings. The third kappa shape index (κ3) is 4.35. The van der Waals surface area contributed by atoms with Crippen LogP contribution in [0.1, 0.15) is 43.0 Å². The summed E-state index contributed by atoms with van der Waals surface area (Å²) in [6.07, 6.45) is 1.61. The normalized spacial score (nSPS) is 20.4. The second-order valence-electron chi connectivity index (χ2n) is 9.80. The Morgan fingerprint density at radius 1 is 0.972 bits per heavy atom. The van der Waals surface area contributed by atoms with Gasteiger partial charge in [0.15, 0.2) is 0 Å². The zero-order valence-electron chi connectivity index (χ0n) is 20.9. The van der Waals surface area contributed by atoms with E-state index in [9.17, 15) is 14.4 Å². The van der Waals surface area contributed by atoms with E-state index in [0.29, 0.717) is 19.3 Å². The molecule has 0 fully saturated rings. The van der Waals surface area contributed by atoms with Crippen LogP contribution < -0.4 is 20.9 Å². The van der Waals surface area contributed by atoms with E-state index in [4.69, 9.17) is 0 Å². The molecular weight excluding hydrogens is 452 g/mol. The summed E-state index contributed by atoms with van der Waals surface area (Å²) in [5, 5.41) is 11.2. The smallest absolute Gasteiger partial charge is 0.250 e. The van der Waals surface area contributed by atoms with Crippen LogP contribution in [0, 0.1) is 0 Å². The van der Waals surface area contributed by atoms with Gasteiger partial charge in [0.05, 0.1) is 17.8 Å². The number of fused-ring (bicyclic) bond motifs is 1. The van der Waals surface area contributed by atoms with Gasteiger partial charge in [0.2, 0.25) is 17.7 Å². The number of nitrogens with one attached hydrogen (secondary N) is 3. The van der Waals surface area contributed by atoms with E-state index in [-0.39, 0.29) is 23.8 Å². The number of anilines is 1. The molecular formula is C29H32N4O3. The van der Waals surface area contributed by atoms with E-state index in [1.165, 1.54) is 0 Å². The number of rotatable bonds is 6. The summed E-state index contributed by atoms with van der Waals surface area (Å²) in [7, 11) is 1.71. The van der Waals surface area contributed by atoms with Crippen molar-refractivity contribution < 1.29 is 14.4 Å². The van der Waals surface area contributed by atoms with Gasteiger partial charge in [-0.05, 0) is 67.3 Å². The monoisotopic (exact) mass is 484 g/mol. The molecule has 7 heteroatoms. The summed E-state index contributed by atoms with van der Waals surface area (Å²) in [4.78, 5) is 41.6. The quantitative estimate of drug-likeness (QED) is 0.502. The van der Waals surface area contributed by atoms with E-state index in [0.717, 1.165) is 33.2 Å². The zero-order chi connectivity index (χ0) is 25.4. The fraction of sp³-hybridized carbons (Fsp3) is 0.345. The number of hydrogen-bond acceptors (Lipinski definition) is 4. The second kappa shape index (κ2) is 9.74. The van der Waals surface area contributed by atoms with E-state index in [2.05, 4.69) is 40.2 Å². The maximum Gasteiger partial charge on any atom is 0.250 e. The Labute approximate surface area is 211 Å². The highest BCUT2D eigenvalue weighted by Gasteiger charge is 2.44. The Kier molecular flexibility index (Phi) is 6.49. The number of carbonyl (C=O) groups is 3. The van der Waals surface area contributed by atoms with Crippen LogP contribution in [-0.4, -0.2) is 42.9 Å². The number of hydrogen-bond donors (Lipinski definition) is 3. The molecule has 186 valence electrons. The minimum atomic E-state index is -0.681. The summed E-state index contributed by atoms with van der Waals surface area (Å²) in [6, 6.07) is 18.3. The molecule has 4 unspecified atom stereocenters. The van der Waals surface area contributed by atoms with Crippen LogP contribution >= 0.6 is 0 Å². The number of aryl methyl sites for hydroxylation is 1. The molecule has 0 aromatic heterocycles. The van der Waals surface area contributed by atoms with E-state index >= 15 is 0 Å². The Hall–Kier alpha value is -3.71. The van der Waals surface area contributed by atoms with Gasteiger partial charge in [0.1, 0.15) is 12.1 Å². The van der Waals surface area contributed by atoms with Crippen LogP contribution in [0.25, 0.3) is 10.8 Å². The molecule has 0 saturated heterocycles. The van der Waals surface area contributed by atoms with Crippen molar-refractivity contribution in [3.05, 3.63) is 77.4 Å². The van der Waals surface area contributed by atoms with Crippen LogP contribution in [-0.2, 0) is 27.2 Å². The van der Waals surface area contributed by atoms with Gasteiger partial charge >= 0.3 is 0 Å². The lowest BCUT2D eigenvalue weighted by atomic mass is 10.0. The predicted octanol–water partition coefficient (Wildman–Crippen LogP) is 3.01. The number of para-hydroxylation sites is 1. The molecule has 3 N–H and O–H groups in total. The first-order valence-electron chi connectivity index (χ1n) is 12.6. The van der Waals surface area contributed by atoms with Crippen LogP contribution in [0.4, 0.5) is 5.69 Å². The molecule has 0 saturated carbocycles. The van der Waals surface area contributed by atoms with Crippen molar-refractivity contribution in [1.29, 1.82) is 0 Å². The molecule has 2 heterocycles. The minimum absolute atomic E-state index is 0.193. The summed E-state index contributed by atoms with van der Waals surface area (Å²) in [6.45, 7) is 3.71. The zero-order valence-corrected chi connectivity index (χ0v) is 20.9. The number of amides is 3. The standard InChI is InChI=1S/C29H32N4O3/c1-17(21-12-11-19-7-4-5-8-22(19)15-21)31-28(35)25-16-23-10-6-9-20-13-14-24(29(36)33(25)26(20)23)32-27(34)18(2)30-3/h4-12,15,17-18,24-25,30H,13-14,16H2,1-3H3,(H,31,35)(H,32,34). The average Bonchev–Trinajstić information content (AvgIpc) is 3.23. The molecule has 0 spiro atoms. The van der Waals surface area contributed by atoms with Gasteiger partial charge in [-0.1, -0.05) is 54.6 Å². The molecule has 3 amide bonds. The molecule has 5 rings (SSSR count). The third-order valence-electron chi connectivity index (χ3n) is 7.48. The van der Waals surface area contributed by atoms with E-state index < -0.39 is 18.1 Å². The fourth-order valence-corrected chi connectivity index (χ4v) is 5.27. The summed E-state index contributed by atoms with van der Waals surface area (Å²) >= 11 is 0. The van der Waals surface area contributed by atoms with Crippen LogP contribution in [0.2, 0.25) is 0 Å². The molecule has 2 aliphatic heterocycles. The van der Waals surface area contributed by atoms with Crippen molar-refractivity contribution in [1.82, 2.24) is 16.0 Å². The van der Waals surface area contributed by atoms with E-state index in [1.807, 2.05) is 43.3 Å². The predicted molar refractivity (Wildman–Crippen MR) is 141 cm³/mol. The Morgan fingerprint density at radius 3 is 2.50 bits per heavy atom. The topological polar surface area (TPSA) is 90.5 Å². The second-order valence-corrected chi connectivity index (χ2v) is 9.80. The molecule has 0 aliphatic carbocycles. The van der Waals surface area contributed by atoms with Crippen molar-refractivity contribution in [2.45, 2.75) is 57.3 Å². The van der Waals surface area contributed by atoms with Gasteiger partial charge < -0.3 is 16.0 Å². The number of nitrogens with zero attached hydrogens (tertiary/aromatic N) is 1. The van der Waals surface area contributed by atoms with Crippen molar-refractivity contribution in [3.8, 4) is 0 Å². The third-order valence-corrected chi connectivity index (χ3v) is 7.48. The number of benzene rings is 3. The molecule has 2 aliphatic rings. The minimum Gasteiger partial charge on any atom is -0.348 e. The molecule has 0 radical (unpaired) electrons. The highest BCUT2D eigenvalue weighted by molar-refractivity contribution is 6.08. The van der Waals surface area contributed by atoms with Gasteiger partial charge in [-0.3, -0.25) is 19.3 Å². The van der Waals surface area contributed by atoms with Crippen LogP contribution in [0.15, 0.2) is 60.7 Å². The molecule has 3 aromatic carbocycles. The van der Waals surface area contributed by atoms with Gasteiger partial charge in [0.25, 0.3) is 0 Å². The first-order valence-corrected chi connectivity index (χ1v) is 12.6. The lowest BCUT2D eigenvalue weighted by molar-refractivity contribution is -0.130. The lowest BCUT2D eigenvalue weighted by Gasteiger charge is -2.29. The maximum atomic E-state index is 13.7. The van der Waals surface area contributed by atoms with Gasteiger partial charge in [-0.25, -0.2) is 0 Å². The van der Waals surface area contributed by atoms with Gasteiger partial charge in [0, 0.05) is 6.42 Å². The molecule has 7 nitrogen and oxygen atoms in total. The van der Waals surface area contributed by atoms with E-state index in [1.54, 1.807) is 18.9 Å². The maximum absolute atomic E-state index is 13.7. The SMILES string of the molecule is CNC(C)C(=O)NC1CCc2cccc3c2N(C1=O)C(C(=O)NC(C)c1ccc2ccccc2c1)C3. The first-order chi connectivity index (χ1) is 17.4. The molecule has 36 heavy (non-hydrogen) atoms. The lowest BCUT2D eigenvalue weighted by Crippen LogP contribution is -2.56. The van der Waals surface area contributed by atoms with Gasteiger partial charge in [-0.15, -0.1) is 0 Å². The Balaban J connectivity index is 1.39. The fourth-order valence-electron chi connectivity index (χ4n) is 5.27. The highest BCUT2D eigenvalue weighted by Crippen LogP contribution is 2.39.